The standard InChI is InChI=1S/C48H55ClN8O8S/c1-31-28-54(20-21-63-31)15-12-36-30-64-44-25-39(24-42(57(59)60)45(44)52-36)66(61,62)53-47(58)40-9-8-37(23-43(40)65-38-22-33-11-14-50-46(33)51-27-38)56-18-16-55(17-19-56)29-34-10-13-48(2,3)26-41(34)32-4-6-35(49)7-5-32/h4-9,11,14,22-25,27,31,36,52H,10,12-13,15-21,26,28-30H2,1-3H3,(H,50,51)(H,53,58)/t31-,36-/m1/s1. The summed E-state index contributed by atoms with van der Waals surface area (Å²) in [4.78, 5) is 39.8. The van der Waals surface area contributed by atoms with Gasteiger partial charge in [0.2, 0.25) is 0 Å². The highest BCUT2D eigenvalue weighted by atomic mass is 35.5. The number of ether oxygens (including phenoxy) is 3. The number of allylic oxidation sites excluding steroid dienone is 1. The van der Waals surface area contributed by atoms with Gasteiger partial charge < -0.3 is 29.4 Å². The van der Waals surface area contributed by atoms with Gasteiger partial charge in [0.05, 0.1) is 40.3 Å². The minimum absolute atomic E-state index is 0.0100. The Hall–Kier alpha value is -5.72. The van der Waals surface area contributed by atoms with E-state index in [1.807, 2.05) is 25.1 Å². The van der Waals surface area contributed by atoms with E-state index < -0.39 is 31.4 Å². The number of hydrogen-bond acceptors (Lipinski definition) is 13. The average molecular weight is 940 g/mol. The smallest absolute Gasteiger partial charge is 0.297 e. The van der Waals surface area contributed by atoms with E-state index in [-0.39, 0.29) is 46.9 Å². The summed E-state index contributed by atoms with van der Waals surface area (Å²) < 4.78 is 47.9. The van der Waals surface area contributed by atoms with Gasteiger partial charge in [0.15, 0.2) is 11.4 Å². The largest absolute Gasteiger partial charge is 0.489 e. The molecule has 3 aromatic carbocycles. The quantitative estimate of drug-likeness (QED) is 0.0761. The normalized spacial score (nSPS) is 20.3. The number of halogens is 1. The van der Waals surface area contributed by atoms with Crippen LogP contribution in [-0.2, 0) is 14.8 Å². The van der Waals surface area contributed by atoms with Crippen molar-refractivity contribution < 1.29 is 32.3 Å². The van der Waals surface area contributed by atoms with Gasteiger partial charge >= 0.3 is 0 Å². The molecule has 2 atom stereocenters. The third-order valence-corrected chi connectivity index (χ3v) is 14.6. The lowest BCUT2D eigenvalue weighted by Gasteiger charge is -2.39. The summed E-state index contributed by atoms with van der Waals surface area (Å²) in [5.41, 5.74) is 5.33. The second-order valence-corrected chi connectivity index (χ2v) is 20.6. The van der Waals surface area contributed by atoms with E-state index in [9.17, 15) is 23.3 Å². The molecule has 3 N–H and O–H groups in total. The van der Waals surface area contributed by atoms with Crippen molar-refractivity contribution in [3.63, 3.8) is 0 Å². The number of amides is 1. The number of morpholine rings is 1. The molecular weight excluding hydrogens is 884 g/mol. The molecular formula is C48H55ClN8O8S. The Kier molecular flexibility index (Phi) is 13.0. The number of carbonyl (C=O) groups excluding carboxylic acids is 1. The molecule has 18 heteroatoms. The number of rotatable bonds is 13. The van der Waals surface area contributed by atoms with E-state index >= 15 is 0 Å². The van der Waals surface area contributed by atoms with E-state index in [4.69, 9.17) is 25.8 Å². The predicted octanol–water partition coefficient (Wildman–Crippen LogP) is 8.11. The van der Waals surface area contributed by atoms with Gasteiger partial charge in [-0.05, 0) is 85.6 Å². The first-order valence-electron chi connectivity index (χ1n) is 22.5. The fourth-order valence-corrected chi connectivity index (χ4v) is 10.5. The number of benzene rings is 3. The highest BCUT2D eigenvalue weighted by Gasteiger charge is 2.34. The van der Waals surface area contributed by atoms with Crippen LogP contribution >= 0.6 is 11.6 Å². The van der Waals surface area contributed by atoms with Gasteiger partial charge in [-0.3, -0.25) is 24.7 Å². The number of hydrogen-bond donors (Lipinski definition) is 3. The first kappa shape index (κ1) is 45.4. The van der Waals surface area contributed by atoms with Gasteiger partial charge in [-0.25, -0.2) is 18.1 Å². The fraction of sp³-hybridized carbons (Fsp3) is 0.417. The maximum Gasteiger partial charge on any atom is 0.297 e. The minimum Gasteiger partial charge on any atom is -0.489 e. The molecule has 2 saturated heterocycles. The number of nitro groups is 1. The summed E-state index contributed by atoms with van der Waals surface area (Å²) in [6.07, 6.45) is 7.24. The highest BCUT2D eigenvalue weighted by Crippen LogP contribution is 2.44. The lowest BCUT2D eigenvalue weighted by Crippen LogP contribution is -2.47. The van der Waals surface area contributed by atoms with Crippen LogP contribution in [0.4, 0.5) is 17.1 Å². The lowest BCUT2D eigenvalue weighted by molar-refractivity contribution is -0.384. The van der Waals surface area contributed by atoms with Crippen molar-refractivity contribution in [3.8, 4) is 17.2 Å². The molecule has 1 amide bonds. The second-order valence-electron chi connectivity index (χ2n) is 18.5. The lowest BCUT2D eigenvalue weighted by atomic mass is 9.72. The molecule has 348 valence electrons. The predicted molar refractivity (Wildman–Crippen MR) is 254 cm³/mol. The number of aromatic nitrogens is 2. The Morgan fingerprint density at radius 2 is 1.85 bits per heavy atom. The van der Waals surface area contributed by atoms with E-state index in [1.165, 1.54) is 35.0 Å². The van der Waals surface area contributed by atoms with Crippen LogP contribution in [-0.4, -0.2) is 117 Å². The van der Waals surface area contributed by atoms with Crippen molar-refractivity contribution in [2.45, 2.75) is 63.5 Å². The van der Waals surface area contributed by atoms with Crippen LogP contribution in [0.25, 0.3) is 16.6 Å². The third-order valence-electron chi connectivity index (χ3n) is 13.0. The molecule has 2 aromatic heterocycles. The molecule has 2 fully saturated rings. The zero-order valence-electron chi connectivity index (χ0n) is 37.3. The first-order chi connectivity index (χ1) is 31.7. The topological polar surface area (TPSA) is 184 Å². The number of H-pyrrole nitrogens is 1. The number of pyridine rings is 1. The maximum absolute atomic E-state index is 14.1. The first-order valence-corrected chi connectivity index (χ1v) is 24.3. The van der Waals surface area contributed by atoms with Gasteiger partial charge in [0.1, 0.15) is 23.8 Å². The average Bonchev–Trinajstić information content (AvgIpc) is 3.77. The van der Waals surface area contributed by atoms with Crippen LogP contribution in [0.15, 0.2) is 89.6 Å². The SMILES string of the molecule is C[C@@H]1CN(CC[C@@H]2COc3cc(S(=O)(=O)NC(=O)c4ccc(N5CCN(CC6=C(c7ccc(Cl)cc7)CC(C)(C)CC6)CC5)cc4Oc4cnc5[nH]ccc5c4)cc([N+](=O)[O-])c3N2)CCO1. The molecule has 0 spiro atoms. The number of piperazine rings is 1. The molecule has 9 rings (SSSR count). The summed E-state index contributed by atoms with van der Waals surface area (Å²) in [6.45, 7) is 13.8. The van der Waals surface area contributed by atoms with Gasteiger partial charge in [0, 0.05) is 92.9 Å². The summed E-state index contributed by atoms with van der Waals surface area (Å²) in [7, 11) is -4.66. The third kappa shape index (κ3) is 10.3. The van der Waals surface area contributed by atoms with Crippen molar-refractivity contribution >= 4 is 61.2 Å². The number of nitro benzene ring substituents is 1. The summed E-state index contributed by atoms with van der Waals surface area (Å²) >= 11 is 6.25. The van der Waals surface area contributed by atoms with Crippen LogP contribution in [0.1, 0.15) is 62.4 Å². The summed E-state index contributed by atoms with van der Waals surface area (Å²) in [5.74, 6) is -0.511. The number of sulfonamides is 1. The summed E-state index contributed by atoms with van der Waals surface area (Å²) in [5, 5.41) is 17.1. The molecule has 0 bridgehead atoms. The summed E-state index contributed by atoms with van der Waals surface area (Å²) in [6, 6.07) is 18.7. The van der Waals surface area contributed by atoms with Crippen LogP contribution in [0.3, 0.4) is 0 Å². The van der Waals surface area contributed by atoms with Gasteiger partial charge in [-0.2, -0.15) is 0 Å². The fourth-order valence-electron chi connectivity index (χ4n) is 9.37. The Bertz CT molecular complexity index is 2770. The zero-order chi connectivity index (χ0) is 46.2. The van der Waals surface area contributed by atoms with Crippen molar-refractivity contribution in [2.24, 2.45) is 5.41 Å². The number of nitrogens with zero attached hydrogens (tertiary/aromatic N) is 5. The molecule has 0 saturated carbocycles. The number of aromatic amines is 1. The molecule has 66 heavy (non-hydrogen) atoms. The minimum atomic E-state index is -4.66. The molecule has 1 aliphatic carbocycles. The Morgan fingerprint density at radius 1 is 1.05 bits per heavy atom. The maximum atomic E-state index is 14.1. The van der Waals surface area contributed by atoms with E-state index in [1.54, 1.807) is 24.4 Å². The van der Waals surface area contributed by atoms with E-state index in [0.29, 0.717) is 37.5 Å². The molecule has 0 unspecified atom stereocenters. The molecule has 0 radical (unpaired) electrons. The van der Waals surface area contributed by atoms with Crippen molar-refractivity contribution in [3.05, 3.63) is 111 Å². The van der Waals surface area contributed by atoms with Crippen molar-refractivity contribution in [1.29, 1.82) is 0 Å². The molecule has 5 aromatic rings. The Balaban J connectivity index is 0.924. The van der Waals surface area contributed by atoms with Gasteiger partial charge in [0.25, 0.3) is 21.6 Å². The molecule has 16 nitrogen and oxygen atoms in total. The molecule has 3 aliphatic heterocycles. The molecule has 4 aliphatic rings. The van der Waals surface area contributed by atoms with Crippen LogP contribution in [0, 0.1) is 15.5 Å². The van der Waals surface area contributed by atoms with Crippen LogP contribution in [0.2, 0.25) is 5.02 Å². The van der Waals surface area contributed by atoms with E-state index in [2.05, 4.69) is 60.7 Å². The van der Waals surface area contributed by atoms with E-state index in [0.717, 1.165) is 80.7 Å². The van der Waals surface area contributed by atoms with Crippen molar-refractivity contribution in [1.82, 2.24) is 24.5 Å². The molecule has 5 heterocycles. The number of anilines is 2. The Labute approximate surface area is 389 Å². The second kappa shape index (κ2) is 18.9. The Morgan fingerprint density at radius 3 is 2.62 bits per heavy atom. The van der Waals surface area contributed by atoms with Crippen LogP contribution in [0.5, 0.6) is 17.2 Å². The monoisotopic (exact) mass is 938 g/mol. The number of fused-ring (bicyclic) bond motifs is 2. The van der Waals surface area contributed by atoms with Gasteiger partial charge in [-0.1, -0.05) is 43.2 Å². The van der Waals surface area contributed by atoms with Crippen molar-refractivity contribution in [2.75, 3.05) is 75.8 Å². The number of carbonyl (C=O) groups is 1. The van der Waals surface area contributed by atoms with Crippen LogP contribution < -0.4 is 24.4 Å². The number of nitrogens with one attached hydrogen (secondary N) is 3. The zero-order valence-corrected chi connectivity index (χ0v) is 38.9. The highest BCUT2D eigenvalue weighted by molar-refractivity contribution is 7.90. The van der Waals surface area contributed by atoms with Gasteiger partial charge in [-0.15, -0.1) is 0 Å².